The Balaban J connectivity index is 1.36. The molecule has 2 aromatic rings. The fourth-order valence-electron chi connectivity index (χ4n) is 5.73. The highest BCUT2D eigenvalue weighted by Crippen LogP contribution is 2.34. The van der Waals surface area contributed by atoms with Crippen molar-refractivity contribution < 1.29 is 9.59 Å². The van der Waals surface area contributed by atoms with Crippen LogP contribution < -0.4 is 5.32 Å². The summed E-state index contributed by atoms with van der Waals surface area (Å²) < 4.78 is 3.19. The van der Waals surface area contributed by atoms with Crippen LogP contribution in [0.1, 0.15) is 55.9 Å². The van der Waals surface area contributed by atoms with E-state index in [2.05, 4.69) is 38.2 Å². The Morgan fingerprint density at radius 2 is 1.91 bits per heavy atom. The number of nitrogens with one attached hydrogen (secondary N) is 1. The van der Waals surface area contributed by atoms with E-state index in [4.69, 9.17) is 0 Å². The number of piperazine rings is 1. The Bertz CT molecular complexity index is 1000. The van der Waals surface area contributed by atoms with Crippen LogP contribution in [-0.4, -0.2) is 89.0 Å². The molecule has 7 nitrogen and oxygen atoms in total. The zero-order chi connectivity index (χ0) is 23.0. The van der Waals surface area contributed by atoms with E-state index in [9.17, 15) is 9.59 Å². The lowest BCUT2D eigenvalue weighted by molar-refractivity contribution is -0.133. The fourth-order valence-corrected chi connectivity index (χ4v) is 6.56. The molecule has 1 atom stereocenters. The maximum absolute atomic E-state index is 13.7. The lowest BCUT2D eigenvalue weighted by atomic mass is 9.91. The molecule has 1 N–H and O–H groups in total. The van der Waals surface area contributed by atoms with Crippen molar-refractivity contribution in [2.45, 2.75) is 63.6 Å². The SMILES string of the molecule is CN1CCN(CCCN2C(=O)c3cc4sccc4n3C[C@]2(C)C(=O)NC2CCCCC2)CC1. The van der Waals surface area contributed by atoms with Crippen molar-refractivity contribution in [3.05, 3.63) is 23.2 Å². The summed E-state index contributed by atoms with van der Waals surface area (Å²) in [6, 6.07) is 4.31. The number of amides is 2. The van der Waals surface area contributed by atoms with Gasteiger partial charge < -0.3 is 24.6 Å². The monoisotopic (exact) mass is 471 g/mol. The first-order valence-electron chi connectivity index (χ1n) is 12.6. The number of aromatic nitrogens is 1. The average Bonchev–Trinajstić information content (AvgIpc) is 3.40. The van der Waals surface area contributed by atoms with E-state index < -0.39 is 5.54 Å². The molecule has 0 radical (unpaired) electrons. The van der Waals surface area contributed by atoms with Crippen LogP contribution in [0.3, 0.4) is 0 Å². The summed E-state index contributed by atoms with van der Waals surface area (Å²) in [5, 5.41) is 5.39. The summed E-state index contributed by atoms with van der Waals surface area (Å²) in [7, 11) is 2.17. The van der Waals surface area contributed by atoms with Crippen molar-refractivity contribution in [1.29, 1.82) is 0 Å². The van der Waals surface area contributed by atoms with Gasteiger partial charge >= 0.3 is 0 Å². The highest BCUT2D eigenvalue weighted by molar-refractivity contribution is 7.17. The summed E-state index contributed by atoms with van der Waals surface area (Å²) in [5.41, 5.74) is 0.911. The molecule has 2 amide bonds. The summed E-state index contributed by atoms with van der Waals surface area (Å²) >= 11 is 1.66. The minimum Gasteiger partial charge on any atom is -0.351 e. The van der Waals surface area contributed by atoms with Gasteiger partial charge in [-0.05, 0) is 57.3 Å². The molecule has 2 aliphatic heterocycles. The minimum absolute atomic E-state index is 0.00470. The van der Waals surface area contributed by atoms with Crippen LogP contribution in [-0.2, 0) is 11.3 Å². The Morgan fingerprint density at radius 1 is 1.15 bits per heavy atom. The van der Waals surface area contributed by atoms with Gasteiger partial charge in [0.2, 0.25) is 5.91 Å². The summed E-state index contributed by atoms with van der Waals surface area (Å²) in [4.78, 5) is 34.2. The van der Waals surface area contributed by atoms with Crippen LogP contribution >= 0.6 is 11.3 Å². The van der Waals surface area contributed by atoms with Crippen molar-refractivity contribution >= 4 is 33.4 Å². The number of rotatable bonds is 6. The summed E-state index contributed by atoms with van der Waals surface area (Å²) in [6.45, 7) is 8.39. The molecule has 0 bridgehead atoms. The third-order valence-electron chi connectivity index (χ3n) is 7.93. The normalized spacial score (nSPS) is 25.5. The van der Waals surface area contributed by atoms with Crippen LogP contribution in [0.2, 0.25) is 0 Å². The standard InChI is InChI=1S/C25H37N5O2S/c1-25(24(32)26-19-7-4-3-5-8-19)18-29-20-9-16-33-22(20)17-21(29)23(31)30(25)11-6-10-28-14-12-27(2)13-15-28/h9,16-17,19H,3-8,10-15,18H2,1-2H3,(H,26,32)/t25-/m1/s1. The van der Waals surface area contributed by atoms with Crippen LogP contribution in [0.15, 0.2) is 17.5 Å². The molecule has 1 aliphatic carbocycles. The van der Waals surface area contributed by atoms with Gasteiger partial charge in [-0.15, -0.1) is 11.3 Å². The summed E-state index contributed by atoms with van der Waals surface area (Å²) in [6.07, 6.45) is 6.57. The van der Waals surface area contributed by atoms with E-state index in [1.54, 1.807) is 11.3 Å². The van der Waals surface area contributed by atoms with Gasteiger partial charge in [-0.2, -0.15) is 0 Å². The quantitative estimate of drug-likeness (QED) is 0.704. The van der Waals surface area contributed by atoms with E-state index in [0.717, 1.165) is 67.9 Å². The maximum atomic E-state index is 13.7. The predicted molar refractivity (Wildman–Crippen MR) is 133 cm³/mol. The van der Waals surface area contributed by atoms with Crippen molar-refractivity contribution in [2.75, 3.05) is 46.3 Å². The third-order valence-corrected chi connectivity index (χ3v) is 8.78. The van der Waals surface area contributed by atoms with Gasteiger partial charge in [0.15, 0.2) is 0 Å². The lowest BCUT2D eigenvalue weighted by Crippen LogP contribution is -2.65. The van der Waals surface area contributed by atoms with Crippen molar-refractivity contribution in [3.63, 3.8) is 0 Å². The zero-order valence-corrected chi connectivity index (χ0v) is 20.8. The van der Waals surface area contributed by atoms with Gasteiger partial charge in [0, 0.05) is 38.8 Å². The highest BCUT2D eigenvalue weighted by Gasteiger charge is 2.48. The number of hydrogen-bond donors (Lipinski definition) is 1. The molecule has 33 heavy (non-hydrogen) atoms. The van der Waals surface area contributed by atoms with Crippen molar-refractivity contribution in [1.82, 2.24) is 24.6 Å². The highest BCUT2D eigenvalue weighted by atomic mass is 32.1. The van der Waals surface area contributed by atoms with E-state index in [-0.39, 0.29) is 17.9 Å². The topological polar surface area (TPSA) is 60.8 Å². The van der Waals surface area contributed by atoms with Crippen LogP contribution in [0.5, 0.6) is 0 Å². The Labute approximate surface area is 200 Å². The minimum atomic E-state index is -0.877. The second-order valence-corrected chi connectivity index (χ2v) is 11.3. The van der Waals surface area contributed by atoms with Gasteiger partial charge in [-0.25, -0.2) is 0 Å². The molecule has 5 rings (SSSR count). The smallest absolute Gasteiger partial charge is 0.271 e. The second-order valence-electron chi connectivity index (χ2n) is 10.3. The van der Waals surface area contributed by atoms with Gasteiger partial charge in [0.25, 0.3) is 5.91 Å². The number of fused-ring (bicyclic) bond motifs is 3. The van der Waals surface area contributed by atoms with Gasteiger partial charge in [-0.1, -0.05) is 19.3 Å². The van der Waals surface area contributed by atoms with Gasteiger partial charge in [-0.3, -0.25) is 9.59 Å². The number of nitrogens with zero attached hydrogens (tertiary/aromatic N) is 4. The van der Waals surface area contributed by atoms with Crippen LogP contribution in [0, 0.1) is 0 Å². The lowest BCUT2D eigenvalue weighted by Gasteiger charge is -2.45. The summed E-state index contributed by atoms with van der Waals surface area (Å²) in [5.74, 6) is -0.00519. The fraction of sp³-hybridized carbons (Fsp3) is 0.680. The van der Waals surface area contributed by atoms with Gasteiger partial charge in [0.1, 0.15) is 11.2 Å². The molecule has 4 heterocycles. The zero-order valence-electron chi connectivity index (χ0n) is 20.0. The predicted octanol–water partition coefficient (Wildman–Crippen LogP) is 3.00. The number of carbonyl (C=O) groups excluding carboxylic acids is 2. The number of hydrogen-bond acceptors (Lipinski definition) is 5. The second kappa shape index (κ2) is 9.39. The third kappa shape index (κ3) is 4.45. The number of likely N-dealkylation sites (N-methyl/N-ethyl adjacent to an activating group) is 1. The Morgan fingerprint density at radius 3 is 2.67 bits per heavy atom. The molecule has 3 aliphatic rings. The maximum Gasteiger partial charge on any atom is 0.271 e. The molecule has 2 fully saturated rings. The van der Waals surface area contributed by atoms with Crippen LogP contribution in [0.25, 0.3) is 10.2 Å². The molecule has 8 heteroatoms. The average molecular weight is 472 g/mol. The molecular formula is C25H37N5O2S. The van der Waals surface area contributed by atoms with E-state index in [1.807, 2.05) is 17.9 Å². The molecule has 0 unspecified atom stereocenters. The number of thiophene rings is 1. The van der Waals surface area contributed by atoms with E-state index in [1.165, 1.54) is 19.3 Å². The van der Waals surface area contributed by atoms with Gasteiger partial charge in [0.05, 0.1) is 16.8 Å². The molecule has 2 aromatic heterocycles. The van der Waals surface area contributed by atoms with Crippen molar-refractivity contribution in [3.8, 4) is 0 Å². The van der Waals surface area contributed by atoms with E-state index in [0.29, 0.717) is 13.1 Å². The molecule has 1 saturated carbocycles. The first-order chi connectivity index (χ1) is 16.0. The van der Waals surface area contributed by atoms with Crippen LogP contribution in [0.4, 0.5) is 0 Å². The molecule has 1 saturated heterocycles. The number of carbonyl (C=O) groups is 2. The molecule has 180 valence electrons. The largest absolute Gasteiger partial charge is 0.351 e. The molecule has 0 spiro atoms. The van der Waals surface area contributed by atoms with Crippen molar-refractivity contribution in [2.24, 2.45) is 0 Å². The molecule has 0 aromatic carbocycles. The molecular weight excluding hydrogens is 434 g/mol. The first-order valence-corrected chi connectivity index (χ1v) is 13.4. The Hall–Kier alpha value is -1.90. The van der Waals surface area contributed by atoms with E-state index >= 15 is 0 Å². The Kier molecular flexibility index (Phi) is 6.51. The first kappa shape index (κ1) is 22.9.